The molecule has 174 valence electrons. The van der Waals surface area contributed by atoms with E-state index in [1.54, 1.807) is 80.8 Å². The van der Waals surface area contributed by atoms with Gasteiger partial charge in [-0.3, -0.25) is 23.7 Å². The number of anilines is 1. The number of likely N-dealkylation sites (N-methyl/N-ethyl adjacent to an activating group) is 2. The van der Waals surface area contributed by atoms with Crippen LogP contribution >= 0.6 is 0 Å². The summed E-state index contributed by atoms with van der Waals surface area (Å²) in [6.07, 6.45) is 3.03. The molecule has 4 aromatic rings. The van der Waals surface area contributed by atoms with Crippen LogP contribution in [0, 0.1) is 0 Å². The minimum Gasteiger partial charge on any atom is -0.360 e. The van der Waals surface area contributed by atoms with Crippen LogP contribution in [0.3, 0.4) is 0 Å². The van der Waals surface area contributed by atoms with E-state index in [9.17, 15) is 19.2 Å². The van der Waals surface area contributed by atoms with E-state index in [-0.39, 0.29) is 35.9 Å². The van der Waals surface area contributed by atoms with E-state index in [2.05, 4.69) is 10.3 Å². The number of nitrogens with one attached hydrogen (secondary N) is 2. The van der Waals surface area contributed by atoms with Crippen LogP contribution in [0.25, 0.3) is 21.8 Å². The molecule has 2 heterocycles. The molecule has 0 saturated heterocycles. The van der Waals surface area contributed by atoms with Gasteiger partial charge in [0.05, 0.1) is 12.1 Å². The van der Waals surface area contributed by atoms with Crippen LogP contribution in [0.2, 0.25) is 0 Å². The van der Waals surface area contributed by atoms with E-state index in [1.807, 2.05) is 0 Å². The molecule has 0 aliphatic carbocycles. The van der Waals surface area contributed by atoms with Crippen LogP contribution in [-0.2, 0) is 4.79 Å². The number of aromatic nitrogens is 2. The highest BCUT2D eigenvalue weighted by molar-refractivity contribution is 6.06. The van der Waals surface area contributed by atoms with Crippen molar-refractivity contribution >= 4 is 45.2 Å². The van der Waals surface area contributed by atoms with Gasteiger partial charge in [-0.05, 0) is 44.4 Å². The highest BCUT2D eigenvalue weighted by atomic mass is 16.2. The van der Waals surface area contributed by atoms with Crippen molar-refractivity contribution in [3.05, 3.63) is 76.7 Å². The van der Waals surface area contributed by atoms with Gasteiger partial charge in [0.25, 0.3) is 11.8 Å². The summed E-state index contributed by atoms with van der Waals surface area (Å²) in [6, 6.07) is 13.9. The lowest BCUT2D eigenvalue weighted by molar-refractivity contribution is -0.130. The van der Waals surface area contributed by atoms with Crippen LogP contribution in [0.15, 0.2) is 65.7 Å². The van der Waals surface area contributed by atoms with Gasteiger partial charge in [-0.1, -0.05) is 18.2 Å². The van der Waals surface area contributed by atoms with Crippen molar-refractivity contribution in [2.45, 2.75) is 0 Å². The Bertz CT molecular complexity index is 1470. The number of aromatic amines is 1. The smallest absolute Gasteiger partial charge is 0.261 e. The summed E-state index contributed by atoms with van der Waals surface area (Å²) in [5.74, 6) is -0.993. The van der Waals surface area contributed by atoms with E-state index < -0.39 is 5.91 Å². The molecule has 0 saturated carbocycles. The van der Waals surface area contributed by atoms with E-state index in [0.717, 1.165) is 5.39 Å². The fraction of sp³-hybridized carbons (Fsp3) is 0.200. The van der Waals surface area contributed by atoms with Gasteiger partial charge in [0.15, 0.2) is 0 Å². The molecule has 2 aromatic heterocycles. The molecule has 34 heavy (non-hydrogen) atoms. The summed E-state index contributed by atoms with van der Waals surface area (Å²) < 4.78 is 1.45. The van der Waals surface area contributed by atoms with Crippen LogP contribution in [0.1, 0.15) is 15.2 Å². The van der Waals surface area contributed by atoms with Crippen LogP contribution in [0.4, 0.5) is 5.69 Å². The molecular weight excluding hydrogens is 434 g/mol. The van der Waals surface area contributed by atoms with Gasteiger partial charge in [0.2, 0.25) is 11.3 Å². The quantitative estimate of drug-likeness (QED) is 0.460. The fourth-order valence-corrected chi connectivity index (χ4v) is 3.72. The number of pyridine rings is 1. The normalized spacial score (nSPS) is 11.2. The number of carbonyl (C=O) groups excluding carboxylic acids is 3. The predicted octanol–water partition coefficient (Wildman–Crippen LogP) is 2.40. The summed E-state index contributed by atoms with van der Waals surface area (Å²) in [5, 5.41) is 3.97. The van der Waals surface area contributed by atoms with Crippen molar-refractivity contribution in [3.8, 4) is 0 Å². The predicted molar refractivity (Wildman–Crippen MR) is 131 cm³/mol. The summed E-state index contributed by atoms with van der Waals surface area (Å²) >= 11 is 0. The third kappa shape index (κ3) is 4.60. The molecule has 0 aliphatic rings. The molecule has 0 atom stereocenters. The standard InChI is InChI=1S/C25H25N5O4/c1-28(2)14-22(31)29(3)15-23(32)30-11-10-16-8-9-17(12-21(16)30)27-25(34)19-13-26-20-7-5-4-6-18(20)24(19)33/h4-13H,14-15H2,1-3H3,(H,26,33)(H,27,34). The third-order valence-corrected chi connectivity index (χ3v) is 5.50. The zero-order valence-electron chi connectivity index (χ0n) is 19.2. The maximum atomic E-state index is 12.9. The Kier molecular flexibility index (Phi) is 6.29. The highest BCUT2D eigenvalue weighted by Crippen LogP contribution is 2.21. The van der Waals surface area contributed by atoms with Gasteiger partial charge in [-0.25, -0.2) is 0 Å². The summed E-state index contributed by atoms with van der Waals surface area (Å²) in [5.41, 5.74) is 1.30. The van der Waals surface area contributed by atoms with Crippen molar-refractivity contribution in [2.24, 2.45) is 0 Å². The zero-order chi connectivity index (χ0) is 24.4. The van der Waals surface area contributed by atoms with Gasteiger partial charge in [-0.15, -0.1) is 0 Å². The highest BCUT2D eigenvalue weighted by Gasteiger charge is 2.17. The van der Waals surface area contributed by atoms with Crippen LogP contribution in [-0.4, -0.2) is 71.3 Å². The number of nitrogens with zero attached hydrogens (tertiary/aromatic N) is 3. The SMILES string of the molecule is CN(C)CC(=O)N(C)CC(=O)n1ccc2ccc(NC(=O)c3c[nH]c4ccccc4c3=O)cc21. The molecule has 0 bridgehead atoms. The molecule has 2 aromatic carbocycles. The Morgan fingerprint density at radius 2 is 1.76 bits per heavy atom. The number of rotatable bonds is 6. The average molecular weight is 460 g/mol. The molecule has 0 unspecified atom stereocenters. The Balaban J connectivity index is 1.56. The second-order valence-corrected chi connectivity index (χ2v) is 8.37. The Hall–Kier alpha value is -4.24. The summed E-state index contributed by atoms with van der Waals surface area (Å²) in [4.78, 5) is 56.7. The van der Waals surface area contributed by atoms with Gasteiger partial charge in [0.1, 0.15) is 12.1 Å². The number of hydrogen-bond acceptors (Lipinski definition) is 5. The number of para-hydroxylation sites is 1. The van der Waals surface area contributed by atoms with E-state index >= 15 is 0 Å². The first-order valence-electron chi connectivity index (χ1n) is 10.7. The first-order chi connectivity index (χ1) is 16.2. The van der Waals surface area contributed by atoms with E-state index in [4.69, 9.17) is 0 Å². The minimum absolute atomic E-state index is 0.00807. The molecule has 2 amide bonds. The average Bonchev–Trinajstić information content (AvgIpc) is 3.22. The number of hydrogen-bond donors (Lipinski definition) is 2. The van der Waals surface area contributed by atoms with Gasteiger partial charge >= 0.3 is 0 Å². The topological polar surface area (TPSA) is 108 Å². The lowest BCUT2D eigenvalue weighted by Crippen LogP contribution is -2.39. The maximum absolute atomic E-state index is 12.9. The van der Waals surface area contributed by atoms with E-state index in [1.165, 1.54) is 15.7 Å². The Morgan fingerprint density at radius 1 is 1.00 bits per heavy atom. The molecule has 2 N–H and O–H groups in total. The van der Waals surface area contributed by atoms with Gasteiger partial charge < -0.3 is 20.1 Å². The second kappa shape index (κ2) is 9.32. The van der Waals surface area contributed by atoms with Gasteiger partial charge in [-0.2, -0.15) is 0 Å². The number of carbonyl (C=O) groups is 3. The Morgan fingerprint density at radius 3 is 2.53 bits per heavy atom. The molecule has 0 aliphatic heterocycles. The fourth-order valence-electron chi connectivity index (χ4n) is 3.72. The molecule has 4 rings (SSSR count). The largest absolute Gasteiger partial charge is 0.360 e. The van der Waals surface area contributed by atoms with Crippen molar-refractivity contribution < 1.29 is 14.4 Å². The first-order valence-corrected chi connectivity index (χ1v) is 10.7. The van der Waals surface area contributed by atoms with Crippen molar-refractivity contribution in [1.82, 2.24) is 19.4 Å². The van der Waals surface area contributed by atoms with Gasteiger partial charge in [0, 0.05) is 41.4 Å². The summed E-state index contributed by atoms with van der Waals surface area (Å²) in [7, 11) is 5.16. The zero-order valence-corrected chi connectivity index (χ0v) is 19.2. The Labute approximate surface area is 195 Å². The minimum atomic E-state index is -0.551. The maximum Gasteiger partial charge on any atom is 0.261 e. The lowest BCUT2D eigenvalue weighted by Gasteiger charge is -2.19. The number of amides is 2. The second-order valence-electron chi connectivity index (χ2n) is 8.37. The molecule has 0 radical (unpaired) electrons. The van der Waals surface area contributed by atoms with Crippen molar-refractivity contribution in [2.75, 3.05) is 39.5 Å². The lowest BCUT2D eigenvalue weighted by atomic mass is 10.1. The first kappa shape index (κ1) is 22.9. The molecule has 9 nitrogen and oxygen atoms in total. The third-order valence-electron chi connectivity index (χ3n) is 5.50. The van der Waals surface area contributed by atoms with Crippen molar-refractivity contribution in [1.29, 1.82) is 0 Å². The van der Waals surface area contributed by atoms with E-state index in [0.29, 0.717) is 22.1 Å². The van der Waals surface area contributed by atoms with Crippen molar-refractivity contribution in [3.63, 3.8) is 0 Å². The monoisotopic (exact) mass is 459 g/mol. The summed E-state index contributed by atoms with van der Waals surface area (Å²) in [6.45, 7) is 0.125. The molecule has 9 heteroatoms. The number of fused-ring (bicyclic) bond motifs is 2. The number of H-pyrrole nitrogens is 1. The molecular formula is C25H25N5O4. The van der Waals surface area contributed by atoms with Crippen LogP contribution in [0.5, 0.6) is 0 Å². The number of benzene rings is 2. The molecule has 0 spiro atoms. The van der Waals surface area contributed by atoms with Crippen LogP contribution < -0.4 is 10.7 Å². The molecule has 0 fully saturated rings.